The molecule has 0 saturated heterocycles. The second-order valence-electron chi connectivity index (χ2n) is 4.35. The summed E-state index contributed by atoms with van der Waals surface area (Å²) in [5.74, 6) is -0.209. The molecule has 0 radical (unpaired) electrons. The van der Waals surface area contributed by atoms with Gasteiger partial charge in [0.05, 0.1) is 18.8 Å². The monoisotopic (exact) mass is 228 g/mol. The van der Waals surface area contributed by atoms with Gasteiger partial charge in [0, 0.05) is 5.92 Å². The zero-order valence-corrected chi connectivity index (χ0v) is 10.6. The molecular weight excluding hydrogens is 204 g/mol. The van der Waals surface area contributed by atoms with E-state index in [1.54, 1.807) is 6.08 Å². The molecule has 0 aliphatic heterocycles. The molecule has 0 bridgehead atoms. The average molecular weight is 228 g/mol. The maximum Gasteiger partial charge on any atom is 0.0797 e. The summed E-state index contributed by atoms with van der Waals surface area (Å²) in [4.78, 5) is 0. The molecular formula is C13H24O3. The van der Waals surface area contributed by atoms with Crippen LogP contribution in [0.15, 0.2) is 23.3 Å². The van der Waals surface area contributed by atoms with Crippen LogP contribution < -0.4 is 0 Å². The van der Waals surface area contributed by atoms with Crippen LogP contribution in [0.25, 0.3) is 0 Å². The van der Waals surface area contributed by atoms with Gasteiger partial charge in [-0.1, -0.05) is 24.6 Å². The highest BCUT2D eigenvalue weighted by molar-refractivity contribution is 5.06. The fourth-order valence-corrected chi connectivity index (χ4v) is 1.40. The van der Waals surface area contributed by atoms with Crippen molar-refractivity contribution in [3.63, 3.8) is 0 Å². The Bertz CT molecular complexity index is 256. The first-order chi connectivity index (χ1) is 7.43. The van der Waals surface area contributed by atoms with Crippen molar-refractivity contribution in [1.29, 1.82) is 0 Å². The number of aliphatic hydroxyl groups excluding tert-OH is 3. The van der Waals surface area contributed by atoms with Crippen LogP contribution in [-0.2, 0) is 0 Å². The van der Waals surface area contributed by atoms with Gasteiger partial charge in [-0.3, -0.25) is 0 Å². The molecule has 94 valence electrons. The molecule has 0 aromatic carbocycles. The summed E-state index contributed by atoms with van der Waals surface area (Å²) in [5.41, 5.74) is 1.71. The summed E-state index contributed by atoms with van der Waals surface area (Å²) < 4.78 is 0. The van der Waals surface area contributed by atoms with Crippen LogP contribution in [0.3, 0.4) is 0 Å². The minimum atomic E-state index is -0.608. The number of rotatable bonds is 6. The Labute approximate surface area is 98.1 Å². The van der Waals surface area contributed by atoms with Crippen molar-refractivity contribution < 1.29 is 15.3 Å². The van der Waals surface area contributed by atoms with Crippen LogP contribution in [0.5, 0.6) is 0 Å². The fourth-order valence-electron chi connectivity index (χ4n) is 1.40. The molecule has 0 rings (SSSR count). The lowest BCUT2D eigenvalue weighted by Gasteiger charge is -2.24. The zero-order valence-electron chi connectivity index (χ0n) is 10.6. The molecule has 16 heavy (non-hydrogen) atoms. The van der Waals surface area contributed by atoms with Gasteiger partial charge in [0.15, 0.2) is 0 Å². The number of aliphatic hydroxyl groups is 3. The largest absolute Gasteiger partial charge is 0.392 e. The van der Waals surface area contributed by atoms with Crippen molar-refractivity contribution in [1.82, 2.24) is 0 Å². The molecule has 3 nitrogen and oxygen atoms in total. The van der Waals surface area contributed by atoms with Crippen molar-refractivity contribution >= 4 is 0 Å². The van der Waals surface area contributed by atoms with Crippen molar-refractivity contribution in [3.8, 4) is 0 Å². The third-order valence-electron chi connectivity index (χ3n) is 2.98. The Morgan fingerprint density at radius 3 is 2.25 bits per heavy atom. The minimum absolute atomic E-state index is 0.0115. The Balaban J connectivity index is 4.33. The molecule has 0 fully saturated rings. The molecule has 3 atom stereocenters. The highest BCUT2D eigenvalue weighted by atomic mass is 16.3. The van der Waals surface area contributed by atoms with E-state index in [-0.39, 0.29) is 12.5 Å². The molecule has 0 aromatic rings. The smallest absolute Gasteiger partial charge is 0.0797 e. The molecule has 0 aliphatic rings. The quantitative estimate of drug-likeness (QED) is 0.606. The van der Waals surface area contributed by atoms with Crippen LogP contribution in [0.1, 0.15) is 34.1 Å². The highest BCUT2D eigenvalue weighted by Crippen LogP contribution is 2.18. The highest BCUT2D eigenvalue weighted by Gasteiger charge is 2.22. The van der Waals surface area contributed by atoms with Gasteiger partial charge >= 0.3 is 0 Å². The molecule has 0 heterocycles. The van der Waals surface area contributed by atoms with Gasteiger partial charge in [0.2, 0.25) is 0 Å². The van der Waals surface area contributed by atoms with Crippen LogP contribution in [-0.4, -0.2) is 34.1 Å². The van der Waals surface area contributed by atoms with Crippen molar-refractivity contribution in [2.24, 2.45) is 5.92 Å². The Kier molecular flexibility index (Phi) is 7.30. The molecule has 0 spiro atoms. The minimum Gasteiger partial charge on any atom is -0.392 e. The lowest BCUT2D eigenvalue weighted by molar-refractivity contribution is 0.0415. The van der Waals surface area contributed by atoms with Crippen LogP contribution >= 0.6 is 0 Å². The van der Waals surface area contributed by atoms with Gasteiger partial charge in [-0.2, -0.15) is 0 Å². The Hall–Kier alpha value is -0.640. The van der Waals surface area contributed by atoms with Crippen molar-refractivity contribution in [2.75, 3.05) is 6.61 Å². The van der Waals surface area contributed by atoms with Crippen LogP contribution in [0.4, 0.5) is 0 Å². The standard InChI is InChI=1S/C13H24O3/c1-5-10(3)13(16)11(4)12(15)7-6-9(2)8-14/h5-6,11-16H,7-8H2,1-4H3/b9-6+,10-5+/t11-,12-,13-/m0/s1. The van der Waals surface area contributed by atoms with Crippen LogP contribution in [0.2, 0.25) is 0 Å². The lowest BCUT2D eigenvalue weighted by Crippen LogP contribution is -2.30. The average Bonchev–Trinajstić information content (AvgIpc) is 2.32. The molecule has 3 heteroatoms. The van der Waals surface area contributed by atoms with E-state index >= 15 is 0 Å². The van der Waals surface area contributed by atoms with E-state index < -0.39 is 12.2 Å². The topological polar surface area (TPSA) is 60.7 Å². The third-order valence-corrected chi connectivity index (χ3v) is 2.98. The van der Waals surface area contributed by atoms with Gasteiger partial charge in [-0.05, 0) is 32.8 Å². The summed E-state index contributed by atoms with van der Waals surface area (Å²) in [6.07, 6.45) is 2.91. The Morgan fingerprint density at radius 1 is 1.25 bits per heavy atom. The molecule has 3 N–H and O–H groups in total. The molecule has 0 amide bonds. The summed E-state index contributed by atoms with van der Waals surface area (Å²) >= 11 is 0. The Morgan fingerprint density at radius 2 is 1.81 bits per heavy atom. The number of allylic oxidation sites excluding steroid dienone is 1. The maximum absolute atomic E-state index is 9.88. The van der Waals surface area contributed by atoms with E-state index in [2.05, 4.69) is 0 Å². The normalized spacial score (nSPS) is 19.4. The number of hydrogen-bond acceptors (Lipinski definition) is 3. The van der Waals surface area contributed by atoms with Gasteiger partial charge in [-0.25, -0.2) is 0 Å². The van der Waals surface area contributed by atoms with E-state index in [1.165, 1.54) is 0 Å². The molecule has 0 unspecified atom stereocenters. The third kappa shape index (κ3) is 4.92. The predicted molar refractivity (Wildman–Crippen MR) is 66.1 cm³/mol. The van der Waals surface area contributed by atoms with Crippen molar-refractivity contribution in [3.05, 3.63) is 23.3 Å². The van der Waals surface area contributed by atoms with Gasteiger partial charge in [-0.15, -0.1) is 0 Å². The predicted octanol–water partition coefficient (Wildman–Crippen LogP) is 1.64. The van der Waals surface area contributed by atoms with E-state index in [1.807, 2.05) is 33.8 Å². The first-order valence-corrected chi connectivity index (χ1v) is 5.69. The van der Waals surface area contributed by atoms with Crippen molar-refractivity contribution in [2.45, 2.75) is 46.3 Å². The first-order valence-electron chi connectivity index (χ1n) is 5.69. The van der Waals surface area contributed by atoms with Gasteiger partial charge < -0.3 is 15.3 Å². The van der Waals surface area contributed by atoms with E-state index in [4.69, 9.17) is 5.11 Å². The van der Waals surface area contributed by atoms with E-state index in [9.17, 15) is 10.2 Å². The molecule has 0 aliphatic carbocycles. The second-order valence-corrected chi connectivity index (χ2v) is 4.35. The zero-order chi connectivity index (χ0) is 12.7. The first kappa shape index (κ1) is 15.4. The van der Waals surface area contributed by atoms with Gasteiger partial charge in [0.25, 0.3) is 0 Å². The van der Waals surface area contributed by atoms with Crippen LogP contribution in [0, 0.1) is 5.92 Å². The summed E-state index contributed by atoms with van der Waals surface area (Å²) in [5, 5.41) is 28.6. The summed E-state index contributed by atoms with van der Waals surface area (Å²) in [6, 6.07) is 0. The lowest BCUT2D eigenvalue weighted by atomic mass is 9.91. The summed E-state index contributed by atoms with van der Waals surface area (Å²) in [7, 11) is 0. The van der Waals surface area contributed by atoms with Gasteiger partial charge in [0.1, 0.15) is 0 Å². The molecule has 0 saturated carbocycles. The second kappa shape index (κ2) is 7.60. The summed E-state index contributed by atoms with van der Waals surface area (Å²) in [6.45, 7) is 7.36. The SMILES string of the molecule is C/C=C(\C)[C@H](O)[C@@H](C)[C@@H](O)C/C=C(\C)CO. The maximum atomic E-state index is 9.88. The fraction of sp³-hybridized carbons (Fsp3) is 0.692. The molecule has 0 aromatic heterocycles. The number of hydrogen-bond donors (Lipinski definition) is 3. The van der Waals surface area contributed by atoms with E-state index in [0.717, 1.165) is 11.1 Å². The van der Waals surface area contributed by atoms with E-state index in [0.29, 0.717) is 6.42 Å².